The molecule has 1 saturated heterocycles. The van der Waals surface area contributed by atoms with Crippen molar-refractivity contribution in [2.75, 3.05) is 11.9 Å². The fourth-order valence-corrected chi connectivity index (χ4v) is 2.18. The lowest BCUT2D eigenvalue weighted by Crippen LogP contribution is -2.35. The van der Waals surface area contributed by atoms with Crippen LogP contribution in [-0.4, -0.2) is 18.4 Å². The highest BCUT2D eigenvalue weighted by molar-refractivity contribution is 9.10. The maximum atomic E-state index is 12.2. The fraction of sp³-hybridized carbons (Fsp3) is 0.385. The van der Waals surface area contributed by atoms with Gasteiger partial charge < -0.3 is 10.6 Å². The van der Waals surface area contributed by atoms with Crippen LogP contribution in [-0.2, 0) is 9.59 Å². The number of halogens is 1. The van der Waals surface area contributed by atoms with Crippen molar-refractivity contribution in [3.05, 3.63) is 28.2 Å². The SMILES string of the molecule is Cc1cc(NC(=O)C2(C)CNC(=O)C2)ccc1Br. The zero-order valence-corrected chi connectivity index (χ0v) is 11.9. The van der Waals surface area contributed by atoms with Crippen molar-refractivity contribution in [1.29, 1.82) is 0 Å². The lowest BCUT2D eigenvalue weighted by molar-refractivity contribution is -0.126. The molecule has 0 aromatic heterocycles. The number of carbonyl (C=O) groups excluding carboxylic acids is 2. The van der Waals surface area contributed by atoms with Crippen molar-refractivity contribution in [3.63, 3.8) is 0 Å². The van der Waals surface area contributed by atoms with E-state index in [1.807, 2.05) is 25.1 Å². The molecule has 1 aromatic carbocycles. The van der Waals surface area contributed by atoms with Gasteiger partial charge in [-0.05, 0) is 37.6 Å². The molecule has 0 bridgehead atoms. The number of rotatable bonds is 2. The van der Waals surface area contributed by atoms with E-state index in [2.05, 4.69) is 26.6 Å². The van der Waals surface area contributed by atoms with Gasteiger partial charge in [0.2, 0.25) is 11.8 Å². The summed E-state index contributed by atoms with van der Waals surface area (Å²) in [5.41, 5.74) is 1.15. The lowest BCUT2D eigenvalue weighted by Gasteiger charge is -2.20. The lowest BCUT2D eigenvalue weighted by atomic mass is 9.88. The molecule has 0 saturated carbocycles. The molecule has 1 aliphatic heterocycles. The Labute approximate surface area is 114 Å². The van der Waals surface area contributed by atoms with Gasteiger partial charge in [-0.1, -0.05) is 15.9 Å². The topological polar surface area (TPSA) is 58.2 Å². The molecule has 96 valence electrons. The van der Waals surface area contributed by atoms with Crippen LogP contribution in [0.15, 0.2) is 22.7 Å². The second-order valence-corrected chi connectivity index (χ2v) is 5.79. The largest absolute Gasteiger partial charge is 0.355 e. The molecule has 2 N–H and O–H groups in total. The van der Waals surface area contributed by atoms with Crippen molar-refractivity contribution in [1.82, 2.24) is 5.32 Å². The van der Waals surface area contributed by atoms with Gasteiger partial charge in [-0.2, -0.15) is 0 Å². The Morgan fingerprint density at radius 3 is 2.78 bits per heavy atom. The van der Waals surface area contributed by atoms with Crippen molar-refractivity contribution >= 4 is 33.4 Å². The second-order valence-electron chi connectivity index (χ2n) is 4.93. The van der Waals surface area contributed by atoms with E-state index in [1.54, 1.807) is 6.92 Å². The number of anilines is 1. The molecule has 2 rings (SSSR count). The van der Waals surface area contributed by atoms with E-state index in [-0.39, 0.29) is 18.2 Å². The number of benzene rings is 1. The number of hydrogen-bond donors (Lipinski definition) is 2. The summed E-state index contributed by atoms with van der Waals surface area (Å²) in [6.45, 7) is 4.15. The maximum Gasteiger partial charge on any atom is 0.232 e. The minimum Gasteiger partial charge on any atom is -0.355 e. The summed E-state index contributed by atoms with van der Waals surface area (Å²) in [6.07, 6.45) is 0.244. The average molecular weight is 311 g/mol. The molecule has 0 spiro atoms. The minimum atomic E-state index is -0.655. The Bertz CT molecular complexity index is 516. The Kier molecular flexibility index (Phi) is 3.43. The molecular formula is C13H15BrN2O2. The third-order valence-electron chi connectivity index (χ3n) is 3.19. The van der Waals surface area contributed by atoms with Crippen LogP contribution >= 0.6 is 15.9 Å². The number of carbonyl (C=O) groups is 2. The van der Waals surface area contributed by atoms with Gasteiger partial charge in [-0.3, -0.25) is 9.59 Å². The summed E-state index contributed by atoms with van der Waals surface area (Å²) in [6, 6.07) is 5.63. The van der Waals surface area contributed by atoms with Crippen molar-refractivity contribution in [2.45, 2.75) is 20.3 Å². The van der Waals surface area contributed by atoms with Gasteiger partial charge in [0.25, 0.3) is 0 Å². The highest BCUT2D eigenvalue weighted by Crippen LogP contribution is 2.28. The molecule has 0 aliphatic carbocycles. The second kappa shape index (κ2) is 4.72. The first-order valence-electron chi connectivity index (χ1n) is 5.75. The summed E-state index contributed by atoms with van der Waals surface area (Å²) >= 11 is 3.41. The van der Waals surface area contributed by atoms with Crippen LogP contribution in [0.1, 0.15) is 18.9 Å². The van der Waals surface area contributed by atoms with Crippen LogP contribution in [0.25, 0.3) is 0 Å². The molecule has 1 aliphatic rings. The fourth-order valence-electron chi connectivity index (χ4n) is 1.94. The van der Waals surface area contributed by atoms with E-state index in [1.165, 1.54) is 0 Å². The first-order chi connectivity index (χ1) is 8.40. The van der Waals surface area contributed by atoms with Crippen LogP contribution in [0.3, 0.4) is 0 Å². The number of hydrogen-bond acceptors (Lipinski definition) is 2. The number of aryl methyl sites for hydroxylation is 1. The zero-order chi connectivity index (χ0) is 13.3. The molecule has 0 radical (unpaired) electrons. The van der Waals surface area contributed by atoms with Gasteiger partial charge >= 0.3 is 0 Å². The average Bonchev–Trinajstić information content (AvgIpc) is 2.65. The molecule has 1 unspecified atom stereocenters. The van der Waals surface area contributed by atoms with Gasteiger partial charge in [0.05, 0.1) is 5.41 Å². The van der Waals surface area contributed by atoms with Crippen molar-refractivity contribution in [2.24, 2.45) is 5.41 Å². The van der Waals surface area contributed by atoms with Crippen LogP contribution in [0.2, 0.25) is 0 Å². The predicted octanol–water partition coefficient (Wildman–Crippen LogP) is 2.22. The number of amides is 2. The maximum absolute atomic E-state index is 12.2. The van der Waals surface area contributed by atoms with Crippen molar-refractivity contribution in [3.8, 4) is 0 Å². The smallest absolute Gasteiger partial charge is 0.232 e. The van der Waals surface area contributed by atoms with Gasteiger partial charge in [0.1, 0.15) is 0 Å². The third-order valence-corrected chi connectivity index (χ3v) is 4.08. The molecule has 2 amide bonds. The van der Waals surface area contributed by atoms with E-state index >= 15 is 0 Å². The standard InChI is InChI=1S/C13H15BrN2O2/c1-8-5-9(3-4-10(8)14)16-12(18)13(2)6-11(17)15-7-13/h3-5H,6-7H2,1-2H3,(H,15,17)(H,16,18). The van der Waals surface area contributed by atoms with Gasteiger partial charge in [-0.25, -0.2) is 0 Å². The first-order valence-corrected chi connectivity index (χ1v) is 6.54. The minimum absolute atomic E-state index is 0.0698. The van der Waals surface area contributed by atoms with Crippen LogP contribution in [0, 0.1) is 12.3 Å². The van der Waals surface area contributed by atoms with Crippen molar-refractivity contribution < 1.29 is 9.59 Å². The van der Waals surface area contributed by atoms with E-state index in [0.29, 0.717) is 6.54 Å². The molecule has 1 fully saturated rings. The Balaban J connectivity index is 2.11. The number of nitrogens with one attached hydrogen (secondary N) is 2. The Morgan fingerprint density at radius 1 is 1.50 bits per heavy atom. The quantitative estimate of drug-likeness (QED) is 0.880. The molecule has 1 aromatic rings. The highest BCUT2D eigenvalue weighted by atomic mass is 79.9. The molecule has 4 nitrogen and oxygen atoms in total. The van der Waals surface area contributed by atoms with Crippen LogP contribution in [0.4, 0.5) is 5.69 Å². The third kappa shape index (κ3) is 2.56. The first kappa shape index (κ1) is 13.1. The van der Waals surface area contributed by atoms with Crippen LogP contribution in [0.5, 0.6) is 0 Å². The molecule has 1 atom stereocenters. The highest BCUT2D eigenvalue weighted by Gasteiger charge is 2.40. The summed E-state index contributed by atoms with van der Waals surface area (Å²) < 4.78 is 1.00. The van der Waals surface area contributed by atoms with Gasteiger partial charge in [-0.15, -0.1) is 0 Å². The van der Waals surface area contributed by atoms with Gasteiger partial charge in [0.15, 0.2) is 0 Å². The molecule has 5 heteroatoms. The van der Waals surface area contributed by atoms with E-state index in [0.717, 1.165) is 15.7 Å². The Morgan fingerprint density at radius 2 is 2.22 bits per heavy atom. The predicted molar refractivity (Wildman–Crippen MR) is 73.2 cm³/mol. The Hall–Kier alpha value is -1.36. The van der Waals surface area contributed by atoms with E-state index < -0.39 is 5.41 Å². The molecular weight excluding hydrogens is 296 g/mol. The van der Waals surface area contributed by atoms with E-state index in [9.17, 15) is 9.59 Å². The molecule has 1 heterocycles. The summed E-state index contributed by atoms with van der Waals surface area (Å²) in [7, 11) is 0. The zero-order valence-electron chi connectivity index (χ0n) is 10.3. The van der Waals surface area contributed by atoms with Gasteiger partial charge in [0, 0.05) is 23.1 Å². The normalized spacial score (nSPS) is 22.7. The summed E-state index contributed by atoms with van der Waals surface area (Å²) in [5.74, 6) is -0.192. The monoisotopic (exact) mass is 310 g/mol. The molecule has 18 heavy (non-hydrogen) atoms. The van der Waals surface area contributed by atoms with E-state index in [4.69, 9.17) is 0 Å². The summed E-state index contributed by atoms with van der Waals surface area (Å²) in [5, 5.41) is 5.55. The summed E-state index contributed by atoms with van der Waals surface area (Å²) in [4.78, 5) is 23.4. The van der Waals surface area contributed by atoms with Crippen LogP contribution < -0.4 is 10.6 Å².